The van der Waals surface area contributed by atoms with Crippen molar-refractivity contribution in [3.63, 3.8) is 0 Å². The summed E-state index contributed by atoms with van der Waals surface area (Å²) < 4.78 is 0. The lowest BCUT2D eigenvalue weighted by Crippen LogP contribution is -2.16. The second-order valence-electron chi connectivity index (χ2n) is 4.50. The number of nitrogens with one attached hydrogen (secondary N) is 2. The molecule has 0 atom stereocenters. The number of rotatable bonds is 4. The van der Waals surface area contributed by atoms with Crippen molar-refractivity contribution >= 4 is 23.4 Å². The van der Waals surface area contributed by atoms with Gasteiger partial charge in [-0.2, -0.15) is 0 Å². The number of hydrogen-bond donors (Lipinski definition) is 2. The average Bonchev–Trinajstić information content (AvgIpc) is 2.84. The average molecular weight is 275 g/mol. The first-order chi connectivity index (χ1) is 9.06. The van der Waals surface area contributed by atoms with E-state index in [1.165, 1.54) is 17.3 Å². The molecule has 0 fully saturated rings. The summed E-state index contributed by atoms with van der Waals surface area (Å²) in [6, 6.07) is 4.14. The van der Waals surface area contributed by atoms with Crippen molar-refractivity contribution in [2.24, 2.45) is 0 Å². The SMILES string of the molecule is Cc1cc(C)c(NC(=O)CSc2ncc[nH]2)c(C)c1. The van der Waals surface area contributed by atoms with Gasteiger partial charge in [0.1, 0.15) is 0 Å². The molecule has 5 heteroatoms. The van der Waals surface area contributed by atoms with E-state index in [9.17, 15) is 4.79 Å². The van der Waals surface area contributed by atoms with Crippen molar-refractivity contribution in [1.82, 2.24) is 9.97 Å². The van der Waals surface area contributed by atoms with E-state index in [0.717, 1.165) is 22.0 Å². The molecule has 2 rings (SSSR count). The van der Waals surface area contributed by atoms with Crippen molar-refractivity contribution in [3.05, 3.63) is 41.2 Å². The van der Waals surface area contributed by atoms with Gasteiger partial charge >= 0.3 is 0 Å². The van der Waals surface area contributed by atoms with E-state index < -0.39 is 0 Å². The zero-order chi connectivity index (χ0) is 13.8. The first-order valence-corrected chi connectivity index (χ1v) is 7.04. The summed E-state index contributed by atoms with van der Waals surface area (Å²) in [5.74, 6) is 0.330. The highest BCUT2D eigenvalue weighted by Gasteiger charge is 2.09. The third-order valence-corrected chi connectivity index (χ3v) is 3.66. The molecule has 0 aliphatic carbocycles. The van der Waals surface area contributed by atoms with Crippen LogP contribution in [0.25, 0.3) is 0 Å². The standard InChI is InChI=1S/C14H17N3OS/c1-9-6-10(2)13(11(3)7-9)17-12(18)8-19-14-15-4-5-16-14/h4-7H,8H2,1-3H3,(H,15,16)(H,17,18). The molecule has 4 nitrogen and oxygen atoms in total. The minimum absolute atomic E-state index is 0.0172. The molecular formula is C14H17N3OS. The molecule has 0 saturated carbocycles. The molecule has 0 bridgehead atoms. The number of H-pyrrole nitrogens is 1. The molecule has 0 unspecified atom stereocenters. The summed E-state index contributed by atoms with van der Waals surface area (Å²) in [5.41, 5.74) is 4.30. The molecule has 0 spiro atoms. The molecule has 0 radical (unpaired) electrons. The van der Waals surface area contributed by atoms with E-state index in [0.29, 0.717) is 5.75 Å². The minimum atomic E-state index is -0.0172. The van der Waals surface area contributed by atoms with Gasteiger partial charge in [0, 0.05) is 18.1 Å². The van der Waals surface area contributed by atoms with Gasteiger partial charge < -0.3 is 10.3 Å². The predicted molar refractivity (Wildman–Crippen MR) is 78.6 cm³/mol. The lowest BCUT2D eigenvalue weighted by atomic mass is 10.1. The molecule has 0 aliphatic rings. The summed E-state index contributed by atoms with van der Waals surface area (Å²) in [6.45, 7) is 6.07. The number of benzene rings is 1. The summed E-state index contributed by atoms with van der Waals surface area (Å²) in [4.78, 5) is 19.0. The lowest BCUT2D eigenvalue weighted by molar-refractivity contribution is -0.113. The van der Waals surface area contributed by atoms with Gasteiger partial charge in [-0.25, -0.2) is 4.98 Å². The van der Waals surface area contributed by atoms with Crippen LogP contribution in [0, 0.1) is 20.8 Å². The molecule has 0 saturated heterocycles. The molecule has 1 heterocycles. The van der Waals surface area contributed by atoms with Crippen LogP contribution in [0.15, 0.2) is 29.7 Å². The topological polar surface area (TPSA) is 57.8 Å². The zero-order valence-electron chi connectivity index (χ0n) is 11.3. The number of aryl methyl sites for hydroxylation is 3. The number of anilines is 1. The first-order valence-electron chi connectivity index (χ1n) is 6.06. The summed E-state index contributed by atoms with van der Waals surface area (Å²) >= 11 is 1.39. The first kappa shape index (κ1) is 13.7. The Morgan fingerprint density at radius 2 is 2.00 bits per heavy atom. The molecule has 2 N–H and O–H groups in total. The van der Waals surface area contributed by atoms with E-state index in [2.05, 4.69) is 34.3 Å². The monoisotopic (exact) mass is 275 g/mol. The Kier molecular flexibility index (Phi) is 4.27. The number of imidazole rings is 1. The quantitative estimate of drug-likeness (QED) is 0.843. The predicted octanol–water partition coefficient (Wildman–Crippen LogP) is 3.07. The van der Waals surface area contributed by atoms with Crippen molar-refractivity contribution in [2.45, 2.75) is 25.9 Å². The fourth-order valence-electron chi connectivity index (χ4n) is 2.02. The van der Waals surface area contributed by atoms with Crippen LogP contribution in [0.1, 0.15) is 16.7 Å². The largest absolute Gasteiger partial charge is 0.340 e. The Hall–Kier alpha value is -1.75. The Morgan fingerprint density at radius 3 is 2.58 bits per heavy atom. The Labute approximate surface area is 117 Å². The fraction of sp³-hybridized carbons (Fsp3) is 0.286. The van der Waals surface area contributed by atoms with Gasteiger partial charge in [-0.1, -0.05) is 29.5 Å². The van der Waals surface area contributed by atoms with Gasteiger partial charge in [0.2, 0.25) is 5.91 Å². The van der Waals surface area contributed by atoms with Crippen molar-refractivity contribution in [3.8, 4) is 0 Å². The maximum Gasteiger partial charge on any atom is 0.234 e. The number of aromatic nitrogens is 2. The minimum Gasteiger partial charge on any atom is -0.340 e. The highest BCUT2D eigenvalue weighted by atomic mass is 32.2. The maximum absolute atomic E-state index is 11.9. The van der Waals surface area contributed by atoms with Crippen LogP contribution in [0.5, 0.6) is 0 Å². The smallest absolute Gasteiger partial charge is 0.234 e. The number of nitrogens with zero attached hydrogens (tertiary/aromatic N) is 1. The third-order valence-electron chi connectivity index (χ3n) is 2.75. The van der Waals surface area contributed by atoms with Crippen LogP contribution in [-0.2, 0) is 4.79 Å². The Bertz CT molecular complexity index is 555. The maximum atomic E-state index is 11.9. The highest BCUT2D eigenvalue weighted by Crippen LogP contribution is 2.22. The molecule has 0 aliphatic heterocycles. The van der Waals surface area contributed by atoms with Gasteiger partial charge in [0.15, 0.2) is 5.16 Å². The fourth-order valence-corrected chi connectivity index (χ4v) is 2.64. The van der Waals surface area contributed by atoms with Crippen LogP contribution in [0.2, 0.25) is 0 Å². The van der Waals surface area contributed by atoms with Crippen LogP contribution in [0.3, 0.4) is 0 Å². The second kappa shape index (κ2) is 5.93. The molecule has 100 valence electrons. The molecule has 1 amide bonds. The number of carbonyl (C=O) groups is 1. The van der Waals surface area contributed by atoms with Crippen LogP contribution < -0.4 is 5.32 Å². The summed E-state index contributed by atoms with van der Waals surface area (Å²) in [7, 11) is 0. The third kappa shape index (κ3) is 3.61. The molecular weight excluding hydrogens is 258 g/mol. The summed E-state index contributed by atoms with van der Waals surface area (Å²) in [6.07, 6.45) is 3.42. The highest BCUT2D eigenvalue weighted by molar-refractivity contribution is 7.99. The van der Waals surface area contributed by atoms with Crippen LogP contribution in [-0.4, -0.2) is 21.6 Å². The van der Waals surface area contributed by atoms with Crippen molar-refractivity contribution < 1.29 is 4.79 Å². The van der Waals surface area contributed by atoms with Crippen molar-refractivity contribution in [1.29, 1.82) is 0 Å². The van der Waals surface area contributed by atoms with Crippen molar-refractivity contribution in [2.75, 3.05) is 11.1 Å². The van der Waals surface area contributed by atoms with E-state index in [4.69, 9.17) is 0 Å². The number of amides is 1. The Balaban J connectivity index is 1.99. The van der Waals surface area contributed by atoms with Gasteiger partial charge in [0.05, 0.1) is 5.75 Å². The number of thioether (sulfide) groups is 1. The van der Waals surface area contributed by atoms with E-state index >= 15 is 0 Å². The van der Waals surface area contributed by atoms with E-state index in [1.54, 1.807) is 12.4 Å². The van der Waals surface area contributed by atoms with Gasteiger partial charge in [-0.15, -0.1) is 0 Å². The Morgan fingerprint density at radius 1 is 1.32 bits per heavy atom. The second-order valence-corrected chi connectivity index (χ2v) is 5.47. The van der Waals surface area contributed by atoms with Gasteiger partial charge in [-0.3, -0.25) is 4.79 Å². The molecule has 1 aromatic heterocycles. The van der Waals surface area contributed by atoms with E-state index in [1.807, 2.05) is 13.8 Å². The van der Waals surface area contributed by atoms with Crippen LogP contribution >= 0.6 is 11.8 Å². The summed E-state index contributed by atoms with van der Waals surface area (Å²) in [5, 5.41) is 3.72. The lowest BCUT2D eigenvalue weighted by Gasteiger charge is -2.12. The molecule has 1 aromatic carbocycles. The number of aromatic amines is 1. The van der Waals surface area contributed by atoms with E-state index in [-0.39, 0.29) is 5.91 Å². The normalized spacial score (nSPS) is 10.5. The zero-order valence-corrected chi connectivity index (χ0v) is 12.1. The molecule has 2 aromatic rings. The molecule has 19 heavy (non-hydrogen) atoms. The van der Waals surface area contributed by atoms with Crippen LogP contribution in [0.4, 0.5) is 5.69 Å². The van der Waals surface area contributed by atoms with Gasteiger partial charge in [-0.05, 0) is 31.9 Å². The van der Waals surface area contributed by atoms with Gasteiger partial charge in [0.25, 0.3) is 0 Å². The number of hydrogen-bond acceptors (Lipinski definition) is 3. The number of carbonyl (C=O) groups excluding carboxylic acids is 1.